The Hall–Kier alpha value is -1.79. The first-order valence-corrected chi connectivity index (χ1v) is 11.8. The summed E-state index contributed by atoms with van der Waals surface area (Å²) < 4.78 is 0.571. The molecule has 2 unspecified atom stereocenters. The summed E-state index contributed by atoms with van der Waals surface area (Å²) in [5.41, 5.74) is 0.212. The van der Waals surface area contributed by atoms with Gasteiger partial charge in [-0.05, 0) is 60.6 Å². The third-order valence-electron chi connectivity index (χ3n) is 5.10. The molecule has 9 nitrogen and oxygen atoms in total. The van der Waals surface area contributed by atoms with E-state index in [1.165, 1.54) is 13.8 Å². The van der Waals surface area contributed by atoms with E-state index in [1.54, 1.807) is 0 Å². The van der Waals surface area contributed by atoms with E-state index in [2.05, 4.69) is 58.4 Å². The Kier molecular flexibility index (Phi) is 7.21. The van der Waals surface area contributed by atoms with Crippen LogP contribution in [0.3, 0.4) is 0 Å². The molecule has 3 rings (SSSR count). The minimum Gasteiger partial charge on any atom is -0.325 e. The Balaban J connectivity index is 2.01. The van der Waals surface area contributed by atoms with Crippen LogP contribution < -0.4 is 10.6 Å². The van der Waals surface area contributed by atoms with Crippen LogP contribution in [0.25, 0.3) is 0 Å². The predicted molar refractivity (Wildman–Crippen MR) is 121 cm³/mol. The van der Waals surface area contributed by atoms with Crippen molar-refractivity contribution in [3.63, 3.8) is 0 Å². The Labute approximate surface area is 203 Å². The number of halogens is 3. The zero-order valence-corrected chi connectivity index (χ0v) is 21.3. The van der Waals surface area contributed by atoms with E-state index in [0.717, 1.165) is 12.8 Å². The molecule has 4 amide bonds. The Bertz CT molecular complexity index is 945. The zero-order valence-electron chi connectivity index (χ0n) is 16.5. The number of nitrogens with zero attached hydrogens (tertiary/aromatic N) is 1. The highest BCUT2D eigenvalue weighted by atomic mass is 79.9. The normalized spacial score (nSPS) is 20.4. The van der Waals surface area contributed by atoms with Crippen LogP contribution in [-0.2, 0) is 24.0 Å². The highest BCUT2D eigenvalue weighted by Crippen LogP contribution is 2.46. The molecule has 1 aromatic rings. The fourth-order valence-electron chi connectivity index (χ4n) is 3.77. The molecule has 166 valence electrons. The molecule has 1 saturated carbocycles. The van der Waals surface area contributed by atoms with E-state index in [1.807, 2.05) is 0 Å². The van der Waals surface area contributed by atoms with E-state index < -0.39 is 41.4 Å². The number of fused-ring (bicyclic) bond motifs is 1. The second-order valence-corrected chi connectivity index (χ2v) is 9.66. The van der Waals surface area contributed by atoms with Crippen LogP contribution in [0, 0.1) is 11.8 Å². The van der Waals surface area contributed by atoms with Crippen molar-refractivity contribution in [2.75, 3.05) is 10.6 Å². The zero-order chi connectivity index (χ0) is 23.0. The van der Waals surface area contributed by atoms with Gasteiger partial charge in [-0.2, -0.15) is 0 Å². The molecule has 2 fully saturated rings. The topological polar surface area (TPSA) is 122 Å². The third-order valence-corrected chi connectivity index (χ3v) is 7.48. The molecular weight excluding hydrogens is 606 g/mol. The van der Waals surface area contributed by atoms with Crippen LogP contribution in [-0.4, -0.2) is 34.7 Å². The number of amides is 4. The second-order valence-electron chi connectivity index (χ2n) is 7.28. The SMILES string of the molecule is CC(=O)Nc1c(Br)c(NC(C)=O)c(Br)c(C(=O)ON2C(=O)C3CCCCC3C2=O)c1Br. The minimum absolute atomic E-state index is 0.119. The van der Waals surface area contributed by atoms with Crippen molar-refractivity contribution in [3.05, 3.63) is 19.0 Å². The number of benzene rings is 1. The average molecular weight is 624 g/mol. The Morgan fingerprint density at radius 2 is 1.26 bits per heavy atom. The van der Waals surface area contributed by atoms with Gasteiger partial charge in [0, 0.05) is 13.8 Å². The molecule has 1 aliphatic heterocycles. The molecule has 1 heterocycles. The standard InChI is InChI=1S/C19H18Br3N3O6/c1-7(26)23-15-12(20)11(13(21)16(14(15)22)24-8(2)27)19(30)31-25-17(28)9-5-3-4-6-10(9)18(25)29/h9-10H,3-6H2,1-2H3,(H,23,26)(H,24,27). The van der Waals surface area contributed by atoms with E-state index in [0.29, 0.717) is 22.4 Å². The van der Waals surface area contributed by atoms with Crippen LogP contribution in [0.5, 0.6) is 0 Å². The summed E-state index contributed by atoms with van der Waals surface area (Å²) >= 11 is 9.86. The van der Waals surface area contributed by atoms with E-state index >= 15 is 0 Å². The van der Waals surface area contributed by atoms with E-state index in [-0.39, 0.29) is 25.9 Å². The molecule has 1 aromatic carbocycles. The first-order chi connectivity index (χ1) is 14.5. The van der Waals surface area contributed by atoms with Gasteiger partial charge in [0.1, 0.15) is 0 Å². The molecule has 2 atom stereocenters. The summed E-state index contributed by atoms with van der Waals surface area (Å²) in [4.78, 5) is 66.9. The Morgan fingerprint density at radius 3 is 1.65 bits per heavy atom. The van der Waals surface area contributed by atoms with Gasteiger partial charge in [-0.1, -0.05) is 12.8 Å². The molecule has 0 spiro atoms. The van der Waals surface area contributed by atoms with Crippen molar-refractivity contribution in [1.29, 1.82) is 0 Å². The van der Waals surface area contributed by atoms with Crippen molar-refractivity contribution in [3.8, 4) is 0 Å². The molecule has 1 aliphatic carbocycles. The highest BCUT2D eigenvalue weighted by Gasteiger charge is 2.50. The summed E-state index contributed by atoms with van der Waals surface area (Å²) in [6.45, 7) is 2.56. The lowest BCUT2D eigenvalue weighted by atomic mass is 9.81. The van der Waals surface area contributed by atoms with Crippen LogP contribution >= 0.6 is 47.8 Å². The number of rotatable bonds is 4. The smallest absolute Gasteiger partial charge is 0.325 e. The summed E-state index contributed by atoms with van der Waals surface area (Å²) in [7, 11) is 0. The molecule has 1 saturated heterocycles. The van der Waals surface area contributed by atoms with Gasteiger partial charge in [0.25, 0.3) is 11.8 Å². The fraction of sp³-hybridized carbons (Fsp3) is 0.421. The number of hydrogen-bond acceptors (Lipinski definition) is 6. The van der Waals surface area contributed by atoms with Crippen molar-refractivity contribution < 1.29 is 28.8 Å². The number of carbonyl (C=O) groups is 5. The molecule has 0 aromatic heterocycles. The molecule has 0 radical (unpaired) electrons. The van der Waals surface area contributed by atoms with Gasteiger partial charge in [0.15, 0.2) is 0 Å². The van der Waals surface area contributed by atoms with Crippen LogP contribution in [0.1, 0.15) is 49.9 Å². The van der Waals surface area contributed by atoms with E-state index in [9.17, 15) is 24.0 Å². The van der Waals surface area contributed by atoms with Gasteiger partial charge in [-0.15, -0.1) is 5.06 Å². The third kappa shape index (κ3) is 4.56. The van der Waals surface area contributed by atoms with Gasteiger partial charge in [-0.25, -0.2) is 4.79 Å². The fourth-order valence-corrected chi connectivity index (χ4v) is 6.47. The van der Waals surface area contributed by atoms with Gasteiger partial charge < -0.3 is 15.5 Å². The van der Waals surface area contributed by atoms with Gasteiger partial charge in [-0.3, -0.25) is 19.2 Å². The van der Waals surface area contributed by atoms with Crippen molar-refractivity contribution in [2.24, 2.45) is 11.8 Å². The summed E-state index contributed by atoms with van der Waals surface area (Å²) in [6, 6.07) is 0. The predicted octanol–water partition coefficient (Wildman–Crippen LogP) is 4.14. The maximum absolute atomic E-state index is 13.1. The largest absolute Gasteiger partial charge is 0.366 e. The summed E-state index contributed by atoms with van der Waals surface area (Å²) in [6.07, 6.45) is 2.83. The number of imide groups is 1. The minimum atomic E-state index is -1.01. The van der Waals surface area contributed by atoms with Crippen LogP contribution in [0.4, 0.5) is 11.4 Å². The summed E-state index contributed by atoms with van der Waals surface area (Å²) in [5.74, 6) is -3.87. The lowest BCUT2D eigenvalue weighted by molar-refractivity contribution is -0.174. The molecule has 12 heteroatoms. The number of carbonyl (C=O) groups excluding carboxylic acids is 5. The lowest BCUT2D eigenvalue weighted by Crippen LogP contribution is -2.34. The van der Waals surface area contributed by atoms with Crippen molar-refractivity contribution in [1.82, 2.24) is 5.06 Å². The maximum Gasteiger partial charge on any atom is 0.366 e. The van der Waals surface area contributed by atoms with Gasteiger partial charge >= 0.3 is 5.97 Å². The van der Waals surface area contributed by atoms with E-state index in [4.69, 9.17) is 4.84 Å². The van der Waals surface area contributed by atoms with Crippen LogP contribution in [0.15, 0.2) is 13.4 Å². The van der Waals surface area contributed by atoms with Crippen LogP contribution in [0.2, 0.25) is 0 Å². The van der Waals surface area contributed by atoms with Crippen molar-refractivity contribution >= 4 is 88.8 Å². The first kappa shape index (κ1) is 23.9. The number of hydroxylamine groups is 2. The molecule has 0 bridgehead atoms. The number of hydrogen-bond donors (Lipinski definition) is 2. The average Bonchev–Trinajstić information content (AvgIpc) is 2.93. The number of nitrogens with one attached hydrogen (secondary N) is 2. The Morgan fingerprint density at radius 1 is 0.839 bits per heavy atom. The van der Waals surface area contributed by atoms with Gasteiger partial charge in [0.05, 0.1) is 42.2 Å². The monoisotopic (exact) mass is 621 g/mol. The second kappa shape index (κ2) is 9.37. The first-order valence-electron chi connectivity index (χ1n) is 9.40. The van der Waals surface area contributed by atoms with Crippen molar-refractivity contribution in [2.45, 2.75) is 39.5 Å². The lowest BCUT2D eigenvalue weighted by Gasteiger charge is -2.20. The molecule has 31 heavy (non-hydrogen) atoms. The molecule has 2 N–H and O–H groups in total. The quantitative estimate of drug-likeness (QED) is 0.487. The number of anilines is 2. The summed E-state index contributed by atoms with van der Waals surface area (Å²) in [5, 5.41) is 5.68. The highest BCUT2D eigenvalue weighted by molar-refractivity contribution is 9.12. The van der Waals surface area contributed by atoms with Gasteiger partial charge in [0.2, 0.25) is 11.8 Å². The molecule has 2 aliphatic rings. The maximum atomic E-state index is 13.1. The molecular formula is C19H18Br3N3O6.